The molecule has 2 aliphatic heterocycles. The Morgan fingerprint density at radius 3 is 2.19 bits per heavy atom. The second kappa shape index (κ2) is 4.25. The van der Waals surface area contributed by atoms with Crippen LogP contribution in [0, 0.1) is 23.2 Å². The number of ether oxygens (including phenoxy) is 1. The number of aliphatic hydroxyl groups is 7. The summed E-state index contributed by atoms with van der Waals surface area (Å²) >= 11 is 0. The fourth-order valence-corrected chi connectivity index (χ4v) is 8.31. The van der Waals surface area contributed by atoms with E-state index in [1.165, 1.54) is 6.92 Å². The molecule has 0 aromatic heterocycles. The van der Waals surface area contributed by atoms with Gasteiger partial charge in [0.2, 0.25) is 0 Å². The third-order valence-corrected chi connectivity index (χ3v) is 9.63. The van der Waals surface area contributed by atoms with Gasteiger partial charge in [-0.3, -0.25) is 0 Å². The van der Waals surface area contributed by atoms with Crippen LogP contribution in [-0.4, -0.2) is 81.7 Å². The second-order valence-corrected chi connectivity index (χ2v) is 10.3. The van der Waals surface area contributed by atoms with Gasteiger partial charge in [-0.25, -0.2) is 0 Å². The highest BCUT2D eigenvalue weighted by atomic mass is 16.7. The molecule has 6 aliphatic rings. The van der Waals surface area contributed by atoms with Crippen LogP contribution in [0.25, 0.3) is 0 Å². The predicted molar refractivity (Wildman–Crippen MR) is 90.0 cm³/mol. The number of rotatable bonds is 1. The molecule has 8 heteroatoms. The lowest BCUT2D eigenvalue weighted by molar-refractivity contribution is -0.372. The molecule has 6 fully saturated rings. The zero-order valence-corrected chi connectivity index (χ0v) is 16.0. The summed E-state index contributed by atoms with van der Waals surface area (Å²) < 4.78 is 5.99. The zero-order chi connectivity index (χ0) is 20.2. The lowest BCUT2D eigenvalue weighted by atomic mass is 9.54. The Morgan fingerprint density at radius 2 is 1.63 bits per heavy atom. The molecule has 11 unspecified atom stereocenters. The molecule has 2 heterocycles. The van der Waals surface area contributed by atoms with Gasteiger partial charge in [0.15, 0.2) is 11.4 Å². The van der Waals surface area contributed by atoms with E-state index >= 15 is 0 Å². The van der Waals surface area contributed by atoms with Crippen LogP contribution >= 0.6 is 0 Å². The number of hydrogen-bond donors (Lipinski definition) is 7. The van der Waals surface area contributed by atoms with Crippen molar-refractivity contribution in [3.63, 3.8) is 0 Å². The third-order valence-electron chi connectivity index (χ3n) is 9.63. The highest BCUT2D eigenvalue weighted by Gasteiger charge is 3.07. The van der Waals surface area contributed by atoms with Crippen LogP contribution in [0.4, 0.5) is 0 Å². The van der Waals surface area contributed by atoms with Crippen LogP contribution < -0.4 is 0 Å². The van der Waals surface area contributed by atoms with Gasteiger partial charge < -0.3 is 40.5 Å². The molecule has 0 aromatic carbocycles. The molecule has 1 spiro atoms. The Kier molecular flexibility index (Phi) is 2.94. The van der Waals surface area contributed by atoms with E-state index in [9.17, 15) is 35.7 Å². The average molecular weight is 386 g/mol. The SMILES string of the molecule is CC1CCC2(O)C3CC4(O)OC2(C1O)C1(O)C3(O)C(O)C(O)(C(C)C)C41C. The maximum atomic E-state index is 12.1. The van der Waals surface area contributed by atoms with Crippen molar-refractivity contribution < 1.29 is 40.5 Å². The van der Waals surface area contributed by atoms with Gasteiger partial charge in [-0.05, 0) is 31.6 Å². The summed E-state index contributed by atoms with van der Waals surface area (Å²) in [5.41, 5.74) is -12.8. The first-order chi connectivity index (χ1) is 12.2. The smallest absolute Gasteiger partial charge is 0.178 e. The molecule has 11 atom stereocenters. The van der Waals surface area contributed by atoms with E-state index in [4.69, 9.17) is 4.74 Å². The van der Waals surface area contributed by atoms with Crippen molar-refractivity contribution in [1.29, 1.82) is 0 Å². The van der Waals surface area contributed by atoms with Gasteiger partial charge in [0.05, 0.1) is 11.5 Å². The van der Waals surface area contributed by atoms with Gasteiger partial charge in [0.1, 0.15) is 28.5 Å². The molecular formula is C19H30O8. The summed E-state index contributed by atoms with van der Waals surface area (Å²) in [4.78, 5) is 0. The summed E-state index contributed by atoms with van der Waals surface area (Å²) in [6.07, 6.45) is -2.91. The second-order valence-electron chi connectivity index (χ2n) is 10.3. The molecule has 6 bridgehead atoms. The minimum Gasteiger partial charge on any atom is -0.390 e. The largest absolute Gasteiger partial charge is 0.390 e. The van der Waals surface area contributed by atoms with Crippen LogP contribution in [0.2, 0.25) is 0 Å². The van der Waals surface area contributed by atoms with Crippen LogP contribution in [0.5, 0.6) is 0 Å². The highest BCUT2D eigenvalue weighted by Crippen LogP contribution is 2.86. The van der Waals surface area contributed by atoms with Crippen molar-refractivity contribution in [3.05, 3.63) is 0 Å². The van der Waals surface area contributed by atoms with E-state index in [1.807, 2.05) is 0 Å². The summed E-state index contributed by atoms with van der Waals surface area (Å²) in [5, 5.41) is 81.1. The molecule has 4 saturated carbocycles. The van der Waals surface area contributed by atoms with E-state index in [0.29, 0.717) is 6.42 Å². The quantitative estimate of drug-likeness (QED) is 0.280. The molecule has 0 radical (unpaired) electrons. The van der Waals surface area contributed by atoms with E-state index in [2.05, 4.69) is 0 Å². The number of hydrogen-bond acceptors (Lipinski definition) is 8. The predicted octanol–water partition coefficient (Wildman–Crippen LogP) is -1.77. The molecular weight excluding hydrogens is 356 g/mol. The first kappa shape index (κ1) is 18.7. The molecule has 6 rings (SSSR count). The minimum absolute atomic E-state index is 0.138. The summed E-state index contributed by atoms with van der Waals surface area (Å²) in [6.45, 7) is 6.38. The number of aliphatic hydroxyl groups excluding tert-OH is 2. The standard InChI is InChI=1S/C19H30O8/c1-8(2)16(24)12(21)17(25)10-7-15(23)13(16,4)19(17,26)18(27-15)11(20)9(3)5-6-14(10,18)22/h8-12,20-26H,5-7H2,1-4H3. The minimum atomic E-state index is -2.45. The summed E-state index contributed by atoms with van der Waals surface area (Å²) in [6, 6.07) is 0. The molecule has 4 aliphatic carbocycles. The maximum Gasteiger partial charge on any atom is 0.178 e. The van der Waals surface area contributed by atoms with Gasteiger partial charge >= 0.3 is 0 Å². The molecule has 27 heavy (non-hydrogen) atoms. The monoisotopic (exact) mass is 386 g/mol. The fourth-order valence-electron chi connectivity index (χ4n) is 8.31. The fraction of sp³-hybridized carbons (Fsp3) is 1.00. The van der Waals surface area contributed by atoms with Crippen molar-refractivity contribution in [3.8, 4) is 0 Å². The molecule has 0 aromatic rings. The molecule has 8 nitrogen and oxygen atoms in total. The van der Waals surface area contributed by atoms with Crippen LogP contribution in [0.3, 0.4) is 0 Å². The zero-order valence-electron chi connectivity index (χ0n) is 16.0. The molecule has 0 amide bonds. The van der Waals surface area contributed by atoms with Gasteiger partial charge in [-0.1, -0.05) is 20.8 Å². The van der Waals surface area contributed by atoms with Gasteiger partial charge in [-0.15, -0.1) is 0 Å². The van der Waals surface area contributed by atoms with Crippen molar-refractivity contribution >= 4 is 0 Å². The van der Waals surface area contributed by atoms with Crippen LogP contribution in [-0.2, 0) is 4.74 Å². The molecule has 2 saturated heterocycles. The lowest BCUT2D eigenvalue weighted by Crippen LogP contribution is -2.75. The van der Waals surface area contributed by atoms with Crippen molar-refractivity contribution in [2.45, 2.75) is 93.0 Å². The Labute approximate surface area is 157 Å². The first-order valence-electron chi connectivity index (χ1n) is 9.86. The van der Waals surface area contributed by atoms with E-state index in [0.717, 1.165) is 0 Å². The average Bonchev–Trinajstić information content (AvgIpc) is 2.82. The summed E-state index contributed by atoms with van der Waals surface area (Å²) in [7, 11) is 0. The Hall–Kier alpha value is -0.320. The summed E-state index contributed by atoms with van der Waals surface area (Å²) in [5.74, 6) is -4.33. The topological polar surface area (TPSA) is 151 Å². The van der Waals surface area contributed by atoms with Gasteiger partial charge in [0, 0.05) is 12.3 Å². The Balaban J connectivity index is 1.93. The molecule has 154 valence electrons. The van der Waals surface area contributed by atoms with Gasteiger partial charge in [-0.2, -0.15) is 0 Å². The highest BCUT2D eigenvalue weighted by molar-refractivity contribution is 5.53. The van der Waals surface area contributed by atoms with E-state index in [-0.39, 0.29) is 18.8 Å². The van der Waals surface area contributed by atoms with Crippen molar-refractivity contribution in [2.24, 2.45) is 23.2 Å². The van der Waals surface area contributed by atoms with E-state index in [1.54, 1.807) is 20.8 Å². The lowest BCUT2D eigenvalue weighted by Gasteiger charge is -2.56. The van der Waals surface area contributed by atoms with Crippen LogP contribution in [0.1, 0.15) is 47.0 Å². The van der Waals surface area contributed by atoms with Crippen LogP contribution in [0.15, 0.2) is 0 Å². The van der Waals surface area contributed by atoms with E-state index < -0.39 is 63.3 Å². The maximum absolute atomic E-state index is 12.1. The normalized spacial score (nSPS) is 71.6. The first-order valence-corrected chi connectivity index (χ1v) is 9.86. The van der Waals surface area contributed by atoms with Crippen molar-refractivity contribution in [2.75, 3.05) is 0 Å². The van der Waals surface area contributed by atoms with Gasteiger partial charge in [0.25, 0.3) is 0 Å². The third kappa shape index (κ3) is 1.18. The van der Waals surface area contributed by atoms with Crippen molar-refractivity contribution in [1.82, 2.24) is 0 Å². The molecule has 7 N–H and O–H groups in total. The Morgan fingerprint density at radius 1 is 1.04 bits per heavy atom. The Bertz CT molecular complexity index is 745.